The van der Waals surface area contributed by atoms with E-state index < -0.39 is 0 Å². The van der Waals surface area contributed by atoms with Crippen molar-refractivity contribution < 1.29 is 23.0 Å². The summed E-state index contributed by atoms with van der Waals surface area (Å²) in [6.07, 6.45) is 1.64. The van der Waals surface area contributed by atoms with Crippen LogP contribution in [0.2, 0.25) is 0 Å². The lowest BCUT2D eigenvalue weighted by atomic mass is 10.1. The minimum absolute atomic E-state index is 0.159. The third kappa shape index (κ3) is 4.21. The first-order chi connectivity index (χ1) is 15.7. The highest BCUT2D eigenvalue weighted by atomic mass is 32.2. The number of rotatable bonds is 7. The molecule has 4 aromatic rings. The van der Waals surface area contributed by atoms with Crippen LogP contribution >= 0.6 is 11.8 Å². The molecule has 0 unspecified atom stereocenters. The van der Waals surface area contributed by atoms with Gasteiger partial charge in [-0.3, -0.25) is 4.57 Å². The summed E-state index contributed by atoms with van der Waals surface area (Å²) < 4.78 is 37.8. The fourth-order valence-corrected chi connectivity index (χ4v) is 4.46. The number of benzene rings is 2. The summed E-state index contributed by atoms with van der Waals surface area (Å²) in [5.41, 5.74) is 2.37. The molecule has 5 rings (SSSR count). The number of furan rings is 1. The number of aromatic nitrogens is 3. The van der Waals surface area contributed by atoms with Gasteiger partial charge in [0.15, 0.2) is 17.8 Å². The van der Waals surface area contributed by atoms with Crippen LogP contribution in [-0.2, 0) is 23.6 Å². The van der Waals surface area contributed by atoms with Crippen molar-refractivity contribution in [1.82, 2.24) is 14.8 Å². The molecule has 0 atom stereocenters. The van der Waals surface area contributed by atoms with E-state index in [0.717, 1.165) is 22.6 Å². The van der Waals surface area contributed by atoms with Crippen LogP contribution in [0, 0.1) is 5.82 Å². The Hall–Kier alpha value is -3.30. The molecule has 7 nitrogen and oxygen atoms in total. The monoisotopic (exact) mass is 453 g/mol. The molecule has 1 aliphatic rings. The van der Waals surface area contributed by atoms with Gasteiger partial charge in [-0.2, -0.15) is 0 Å². The van der Waals surface area contributed by atoms with Crippen molar-refractivity contribution in [1.29, 1.82) is 0 Å². The number of halogens is 1. The second kappa shape index (κ2) is 9.05. The molecule has 3 heterocycles. The van der Waals surface area contributed by atoms with Gasteiger partial charge in [0, 0.05) is 22.4 Å². The van der Waals surface area contributed by atoms with Gasteiger partial charge < -0.3 is 18.6 Å². The molecule has 2 aromatic carbocycles. The summed E-state index contributed by atoms with van der Waals surface area (Å²) in [6, 6.07) is 14.3. The molecule has 0 amide bonds. The fourth-order valence-electron chi connectivity index (χ4n) is 3.56. The number of nitrogens with zero attached hydrogens (tertiary/aromatic N) is 3. The molecule has 32 heavy (non-hydrogen) atoms. The van der Waals surface area contributed by atoms with Gasteiger partial charge >= 0.3 is 0 Å². The lowest BCUT2D eigenvalue weighted by Crippen LogP contribution is -2.13. The highest BCUT2D eigenvalue weighted by Gasteiger charge is 2.20. The summed E-state index contributed by atoms with van der Waals surface area (Å²) in [5.74, 6) is 3.09. The minimum atomic E-state index is -0.315. The van der Waals surface area contributed by atoms with E-state index in [-0.39, 0.29) is 12.6 Å². The largest absolute Gasteiger partial charge is 0.497 e. The number of fused-ring (bicyclic) bond motifs is 1. The smallest absolute Gasteiger partial charge is 0.192 e. The van der Waals surface area contributed by atoms with Crippen molar-refractivity contribution in [3.63, 3.8) is 0 Å². The molecule has 0 aliphatic carbocycles. The van der Waals surface area contributed by atoms with Crippen LogP contribution in [0.15, 0.2) is 64.4 Å². The summed E-state index contributed by atoms with van der Waals surface area (Å²) in [5, 5.41) is 9.52. The molecule has 0 saturated heterocycles. The molecule has 0 saturated carbocycles. The molecule has 0 spiro atoms. The van der Waals surface area contributed by atoms with Gasteiger partial charge in [0.05, 0.1) is 26.5 Å². The number of methoxy groups -OCH3 is 1. The van der Waals surface area contributed by atoms with E-state index in [1.165, 1.54) is 23.9 Å². The van der Waals surface area contributed by atoms with Gasteiger partial charge in [-0.25, -0.2) is 4.39 Å². The maximum atomic E-state index is 14.1. The van der Waals surface area contributed by atoms with Crippen LogP contribution in [0.4, 0.5) is 4.39 Å². The number of hydrogen-bond donors (Lipinski definition) is 0. The Bertz CT molecular complexity index is 1210. The van der Waals surface area contributed by atoms with Crippen LogP contribution in [0.5, 0.6) is 11.5 Å². The van der Waals surface area contributed by atoms with E-state index in [4.69, 9.17) is 18.6 Å². The number of ether oxygens (including phenoxy) is 3. The second-order valence-corrected chi connectivity index (χ2v) is 8.10. The molecular formula is C23H20FN3O4S. The van der Waals surface area contributed by atoms with Crippen molar-refractivity contribution in [2.75, 3.05) is 13.9 Å². The lowest BCUT2D eigenvalue weighted by Gasteiger charge is -2.20. The highest BCUT2D eigenvalue weighted by Crippen LogP contribution is 2.35. The first kappa shape index (κ1) is 20.6. The molecule has 2 aromatic heterocycles. The lowest BCUT2D eigenvalue weighted by molar-refractivity contribution is -0.0171. The minimum Gasteiger partial charge on any atom is -0.497 e. The van der Waals surface area contributed by atoms with Crippen molar-refractivity contribution in [3.8, 4) is 22.9 Å². The molecular weight excluding hydrogens is 433 g/mol. The zero-order valence-corrected chi connectivity index (χ0v) is 18.1. The van der Waals surface area contributed by atoms with Gasteiger partial charge in [0.25, 0.3) is 0 Å². The quantitative estimate of drug-likeness (QED) is 0.369. The van der Waals surface area contributed by atoms with E-state index in [9.17, 15) is 4.39 Å². The summed E-state index contributed by atoms with van der Waals surface area (Å²) >= 11 is 1.46. The van der Waals surface area contributed by atoms with Gasteiger partial charge in [-0.05, 0) is 48.5 Å². The van der Waals surface area contributed by atoms with Crippen LogP contribution in [0.3, 0.4) is 0 Å². The average Bonchev–Trinajstić information content (AvgIpc) is 3.48. The van der Waals surface area contributed by atoms with Crippen molar-refractivity contribution >= 4 is 11.8 Å². The Labute approximate surface area is 188 Å². The number of thioether (sulfide) groups is 1. The molecule has 1 aliphatic heterocycles. The fraction of sp³-hybridized carbons (Fsp3) is 0.217. The molecule has 0 bridgehead atoms. The molecule has 0 fully saturated rings. The predicted molar refractivity (Wildman–Crippen MR) is 116 cm³/mol. The second-order valence-electron chi connectivity index (χ2n) is 7.15. The highest BCUT2D eigenvalue weighted by molar-refractivity contribution is 7.98. The normalized spacial score (nSPS) is 12.9. The van der Waals surface area contributed by atoms with E-state index in [0.29, 0.717) is 41.2 Å². The zero-order chi connectivity index (χ0) is 21.9. The number of hydrogen-bond acceptors (Lipinski definition) is 7. The average molecular weight is 453 g/mol. The van der Waals surface area contributed by atoms with Gasteiger partial charge in [-0.1, -0.05) is 11.8 Å². The molecule has 0 radical (unpaired) electrons. The third-order valence-corrected chi connectivity index (χ3v) is 6.08. The topological polar surface area (TPSA) is 71.5 Å². The SMILES string of the molecule is COc1ccc(-c2nnc(SCc3cc(F)cc4c3OCOC4)n2Cc2ccco2)cc1. The Balaban J connectivity index is 1.46. The summed E-state index contributed by atoms with van der Waals surface area (Å²) in [6.45, 7) is 0.961. The molecule has 0 N–H and O–H groups in total. The van der Waals surface area contributed by atoms with E-state index in [1.54, 1.807) is 13.4 Å². The van der Waals surface area contributed by atoms with Crippen LogP contribution in [0.25, 0.3) is 11.4 Å². The van der Waals surface area contributed by atoms with Gasteiger partial charge in [-0.15, -0.1) is 10.2 Å². The Morgan fingerprint density at radius 1 is 1.16 bits per heavy atom. The Morgan fingerprint density at radius 3 is 2.81 bits per heavy atom. The third-order valence-electron chi connectivity index (χ3n) is 5.07. The van der Waals surface area contributed by atoms with Crippen LogP contribution in [-0.4, -0.2) is 28.7 Å². The summed E-state index contributed by atoms with van der Waals surface area (Å²) in [4.78, 5) is 0. The van der Waals surface area contributed by atoms with Crippen molar-refractivity contribution in [2.24, 2.45) is 0 Å². The Morgan fingerprint density at radius 2 is 2.03 bits per heavy atom. The maximum Gasteiger partial charge on any atom is 0.192 e. The summed E-state index contributed by atoms with van der Waals surface area (Å²) in [7, 11) is 1.63. The maximum absolute atomic E-state index is 14.1. The first-order valence-corrected chi connectivity index (χ1v) is 10.9. The Kier molecular flexibility index (Phi) is 5.83. The van der Waals surface area contributed by atoms with E-state index in [1.807, 2.05) is 41.0 Å². The zero-order valence-electron chi connectivity index (χ0n) is 17.3. The predicted octanol–water partition coefficient (Wildman–Crippen LogP) is 4.89. The van der Waals surface area contributed by atoms with E-state index in [2.05, 4.69) is 10.2 Å². The van der Waals surface area contributed by atoms with Gasteiger partial charge in [0.1, 0.15) is 23.1 Å². The van der Waals surface area contributed by atoms with Crippen LogP contribution in [0.1, 0.15) is 16.9 Å². The van der Waals surface area contributed by atoms with Crippen molar-refractivity contribution in [2.45, 2.75) is 24.1 Å². The van der Waals surface area contributed by atoms with Crippen molar-refractivity contribution in [3.05, 3.63) is 77.5 Å². The molecule has 9 heteroatoms. The van der Waals surface area contributed by atoms with Crippen LogP contribution < -0.4 is 9.47 Å². The van der Waals surface area contributed by atoms with E-state index >= 15 is 0 Å². The van der Waals surface area contributed by atoms with Gasteiger partial charge in [0.2, 0.25) is 0 Å². The molecule has 164 valence electrons. The first-order valence-electron chi connectivity index (χ1n) is 9.96. The standard InChI is InChI=1S/C23H20FN3O4S/c1-28-19-6-4-15(5-7-19)22-25-26-23(27(22)11-20-3-2-8-30-20)32-13-17-10-18(24)9-16-12-29-14-31-21(16)17/h2-10H,11-14H2,1H3.